The van der Waals surface area contributed by atoms with Crippen LogP contribution < -0.4 is 10.5 Å². The second-order valence-corrected chi connectivity index (χ2v) is 2.21. The Morgan fingerprint density at radius 1 is 1.55 bits per heavy atom. The minimum atomic E-state index is -0.279. The first-order chi connectivity index (χ1) is 5.27. The zero-order chi connectivity index (χ0) is 8.27. The standard InChI is InChI=1S/C8H10FNO/c1-11-8-4-7(9)3-2-6(8)5-10/h2-4H,5,10H2,1H3/p+1. The summed E-state index contributed by atoms with van der Waals surface area (Å²) in [6, 6.07) is 4.45. The molecule has 60 valence electrons. The van der Waals surface area contributed by atoms with Crippen LogP contribution in [0, 0.1) is 5.82 Å². The van der Waals surface area contributed by atoms with Gasteiger partial charge >= 0.3 is 0 Å². The summed E-state index contributed by atoms with van der Waals surface area (Å²) < 4.78 is 17.5. The van der Waals surface area contributed by atoms with E-state index in [-0.39, 0.29) is 5.82 Å². The molecule has 11 heavy (non-hydrogen) atoms. The second kappa shape index (κ2) is 3.34. The molecule has 0 amide bonds. The molecule has 1 rings (SSSR count). The van der Waals surface area contributed by atoms with Crippen LogP contribution in [0.5, 0.6) is 5.75 Å². The van der Waals surface area contributed by atoms with Crippen molar-refractivity contribution in [2.45, 2.75) is 6.54 Å². The van der Waals surface area contributed by atoms with Gasteiger partial charge in [-0.15, -0.1) is 0 Å². The van der Waals surface area contributed by atoms with Crippen molar-refractivity contribution in [3.8, 4) is 5.75 Å². The number of methoxy groups -OCH3 is 1. The molecular weight excluding hydrogens is 145 g/mol. The van der Waals surface area contributed by atoms with E-state index in [1.54, 1.807) is 6.07 Å². The lowest BCUT2D eigenvalue weighted by Crippen LogP contribution is -2.47. The van der Waals surface area contributed by atoms with E-state index >= 15 is 0 Å². The molecule has 2 nitrogen and oxygen atoms in total. The van der Waals surface area contributed by atoms with Crippen LogP contribution in [0.2, 0.25) is 0 Å². The summed E-state index contributed by atoms with van der Waals surface area (Å²) in [6.07, 6.45) is 0. The van der Waals surface area contributed by atoms with Crippen molar-refractivity contribution in [1.29, 1.82) is 0 Å². The zero-order valence-corrected chi connectivity index (χ0v) is 6.43. The lowest BCUT2D eigenvalue weighted by atomic mass is 10.2. The van der Waals surface area contributed by atoms with E-state index in [1.165, 1.54) is 19.2 Å². The maximum atomic E-state index is 12.6. The Hall–Kier alpha value is -1.09. The fraction of sp³-hybridized carbons (Fsp3) is 0.250. The van der Waals surface area contributed by atoms with Gasteiger partial charge in [0.2, 0.25) is 0 Å². The molecule has 0 heterocycles. The van der Waals surface area contributed by atoms with E-state index in [9.17, 15) is 4.39 Å². The van der Waals surface area contributed by atoms with Gasteiger partial charge in [-0.05, 0) is 12.1 Å². The fourth-order valence-corrected chi connectivity index (χ4v) is 0.925. The van der Waals surface area contributed by atoms with Gasteiger partial charge in [0.15, 0.2) is 0 Å². The highest BCUT2D eigenvalue weighted by atomic mass is 19.1. The molecule has 0 aromatic heterocycles. The van der Waals surface area contributed by atoms with Crippen molar-refractivity contribution in [2.75, 3.05) is 7.11 Å². The molecule has 0 aliphatic carbocycles. The Kier molecular flexibility index (Phi) is 2.44. The Balaban J connectivity index is 3.06. The highest BCUT2D eigenvalue weighted by Gasteiger charge is 2.02. The third-order valence-corrected chi connectivity index (χ3v) is 1.52. The molecule has 0 aliphatic rings. The van der Waals surface area contributed by atoms with Gasteiger partial charge in [0, 0.05) is 11.6 Å². The summed E-state index contributed by atoms with van der Waals surface area (Å²) in [6.45, 7) is 0.615. The lowest BCUT2D eigenvalue weighted by molar-refractivity contribution is -0.386. The zero-order valence-electron chi connectivity index (χ0n) is 6.43. The summed E-state index contributed by atoms with van der Waals surface area (Å²) in [5.74, 6) is 0.291. The van der Waals surface area contributed by atoms with Gasteiger partial charge < -0.3 is 10.5 Å². The van der Waals surface area contributed by atoms with Crippen LogP contribution in [-0.2, 0) is 6.54 Å². The number of quaternary nitrogens is 1. The van der Waals surface area contributed by atoms with Crippen LogP contribution in [0.4, 0.5) is 4.39 Å². The molecule has 0 saturated carbocycles. The molecule has 0 atom stereocenters. The summed E-state index contributed by atoms with van der Waals surface area (Å²) in [5.41, 5.74) is 4.62. The van der Waals surface area contributed by atoms with E-state index in [2.05, 4.69) is 5.73 Å². The summed E-state index contributed by atoms with van der Waals surface area (Å²) in [7, 11) is 1.52. The topological polar surface area (TPSA) is 36.9 Å². The predicted molar refractivity (Wildman–Crippen MR) is 39.5 cm³/mol. The van der Waals surface area contributed by atoms with Crippen molar-refractivity contribution in [2.24, 2.45) is 0 Å². The largest absolute Gasteiger partial charge is 0.496 e. The maximum Gasteiger partial charge on any atom is 0.130 e. The van der Waals surface area contributed by atoms with Gasteiger partial charge in [-0.1, -0.05) is 0 Å². The van der Waals surface area contributed by atoms with Gasteiger partial charge in [0.05, 0.1) is 7.11 Å². The van der Waals surface area contributed by atoms with Crippen LogP contribution in [0.25, 0.3) is 0 Å². The van der Waals surface area contributed by atoms with E-state index in [4.69, 9.17) is 4.74 Å². The summed E-state index contributed by atoms with van der Waals surface area (Å²) in [4.78, 5) is 0. The van der Waals surface area contributed by atoms with E-state index in [0.717, 1.165) is 5.56 Å². The SMILES string of the molecule is COc1cc(F)ccc1C[NH3+]. The second-order valence-electron chi connectivity index (χ2n) is 2.21. The molecule has 0 saturated heterocycles. The Labute approximate surface area is 64.8 Å². The number of halogens is 1. The minimum absolute atomic E-state index is 0.279. The number of benzene rings is 1. The highest BCUT2D eigenvalue weighted by molar-refractivity contribution is 5.33. The molecule has 3 N–H and O–H groups in total. The van der Waals surface area contributed by atoms with E-state index < -0.39 is 0 Å². The lowest BCUT2D eigenvalue weighted by Gasteiger charge is -2.03. The third kappa shape index (κ3) is 1.68. The summed E-state index contributed by atoms with van der Waals surface area (Å²) in [5, 5.41) is 0. The van der Waals surface area contributed by atoms with Crippen LogP contribution in [0.3, 0.4) is 0 Å². The van der Waals surface area contributed by atoms with Crippen molar-refractivity contribution < 1.29 is 14.9 Å². The first-order valence-corrected chi connectivity index (χ1v) is 3.39. The molecule has 3 heteroatoms. The molecule has 1 aromatic carbocycles. The Bertz CT molecular complexity index is 250. The first kappa shape index (κ1) is 8.01. The molecule has 1 aromatic rings. The quantitative estimate of drug-likeness (QED) is 0.668. The van der Waals surface area contributed by atoms with Crippen LogP contribution in [0.15, 0.2) is 18.2 Å². The van der Waals surface area contributed by atoms with Crippen molar-refractivity contribution in [3.63, 3.8) is 0 Å². The number of hydrogen-bond donors (Lipinski definition) is 1. The molecule has 0 spiro atoms. The Morgan fingerprint density at radius 2 is 2.27 bits per heavy atom. The molecule has 0 unspecified atom stereocenters. The molecule has 0 fully saturated rings. The average Bonchev–Trinajstić information content (AvgIpc) is 2.04. The van der Waals surface area contributed by atoms with E-state index in [1.807, 2.05) is 0 Å². The van der Waals surface area contributed by atoms with Crippen molar-refractivity contribution >= 4 is 0 Å². The predicted octanol–water partition coefficient (Wildman–Crippen LogP) is 0.576. The fourth-order valence-electron chi connectivity index (χ4n) is 0.925. The van der Waals surface area contributed by atoms with Gasteiger partial charge in [0.1, 0.15) is 18.1 Å². The molecule has 0 aliphatic heterocycles. The normalized spacial score (nSPS) is 9.73. The van der Waals surface area contributed by atoms with Gasteiger partial charge in [-0.2, -0.15) is 0 Å². The highest BCUT2D eigenvalue weighted by Crippen LogP contribution is 2.17. The van der Waals surface area contributed by atoms with Crippen molar-refractivity contribution in [3.05, 3.63) is 29.6 Å². The van der Waals surface area contributed by atoms with Crippen LogP contribution >= 0.6 is 0 Å². The number of ether oxygens (including phenoxy) is 1. The van der Waals surface area contributed by atoms with Gasteiger partial charge in [0.25, 0.3) is 0 Å². The van der Waals surface area contributed by atoms with Crippen molar-refractivity contribution in [1.82, 2.24) is 0 Å². The minimum Gasteiger partial charge on any atom is -0.496 e. The maximum absolute atomic E-state index is 12.6. The first-order valence-electron chi connectivity index (χ1n) is 3.39. The number of rotatable bonds is 2. The molecular formula is C8H11FNO+. The monoisotopic (exact) mass is 156 g/mol. The number of hydrogen-bond acceptors (Lipinski definition) is 1. The van der Waals surface area contributed by atoms with Crippen LogP contribution in [-0.4, -0.2) is 7.11 Å². The Morgan fingerprint density at radius 3 is 2.82 bits per heavy atom. The van der Waals surface area contributed by atoms with Crippen LogP contribution in [0.1, 0.15) is 5.56 Å². The van der Waals surface area contributed by atoms with Gasteiger partial charge in [-0.25, -0.2) is 4.39 Å². The molecule has 0 radical (unpaired) electrons. The summed E-state index contributed by atoms with van der Waals surface area (Å²) >= 11 is 0. The molecule has 0 bridgehead atoms. The van der Waals surface area contributed by atoms with Gasteiger partial charge in [-0.3, -0.25) is 0 Å². The average molecular weight is 156 g/mol. The third-order valence-electron chi connectivity index (χ3n) is 1.52. The smallest absolute Gasteiger partial charge is 0.130 e. The van der Waals surface area contributed by atoms with E-state index in [0.29, 0.717) is 12.3 Å².